The molecular formula is C17H12BrIN2O3. The van der Waals surface area contributed by atoms with Gasteiger partial charge in [0.1, 0.15) is 11.6 Å². The molecule has 0 saturated heterocycles. The minimum atomic E-state index is -0.509. The lowest BCUT2D eigenvalue weighted by atomic mass is 10.1. The van der Waals surface area contributed by atoms with Crippen LogP contribution in [0.15, 0.2) is 46.4 Å². The summed E-state index contributed by atoms with van der Waals surface area (Å²) >= 11 is 5.31. The maximum atomic E-state index is 12.3. The summed E-state index contributed by atoms with van der Waals surface area (Å²) in [6.07, 6.45) is 1.43. The number of halogens is 2. The van der Waals surface area contributed by atoms with Crippen LogP contribution in [0.1, 0.15) is 5.56 Å². The van der Waals surface area contributed by atoms with Crippen molar-refractivity contribution in [3.63, 3.8) is 0 Å². The van der Waals surface area contributed by atoms with Crippen molar-refractivity contribution >= 4 is 56.2 Å². The van der Waals surface area contributed by atoms with Gasteiger partial charge in [-0.3, -0.25) is 4.79 Å². The second-order valence-electron chi connectivity index (χ2n) is 4.66. The Morgan fingerprint density at radius 3 is 2.75 bits per heavy atom. The number of para-hydroxylation sites is 1. The Morgan fingerprint density at radius 2 is 2.12 bits per heavy atom. The van der Waals surface area contributed by atoms with Gasteiger partial charge in [0.15, 0.2) is 11.5 Å². The number of phenols is 1. The first-order chi connectivity index (χ1) is 11.5. The van der Waals surface area contributed by atoms with Crippen molar-refractivity contribution in [3.05, 3.63) is 55.6 Å². The Morgan fingerprint density at radius 1 is 1.42 bits per heavy atom. The van der Waals surface area contributed by atoms with Gasteiger partial charge in [0.05, 0.1) is 17.3 Å². The summed E-state index contributed by atoms with van der Waals surface area (Å²) in [5.41, 5.74) is 1.12. The number of phenolic OH excluding ortho intramolecular Hbond substituents is 1. The highest BCUT2D eigenvalue weighted by Crippen LogP contribution is 2.35. The quantitative estimate of drug-likeness (QED) is 0.374. The molecule has 0 bridgehead atoms. The average molecular weight is 499 g/mol. The van der Waals surface area contributed by atoms with Crippen molar-refractivity contribution in [3.8, 4) is 17.6 Å². The van der Waals surface area contributed by atoms with Crippen molar-refractivity contribution in [2.24, 2.45) is 0 Å². The number of anilines is 1. The van der Waals surface area contributed by atoms with Crippen molar-refractivity contribution in [2.75, 3.05) is 12.4 Å². The van der Waals surface area contributed by atoms with Crippen LogP contribution in [0.2, 0.25) is 0 Å². The molecule has 1 amide bonds. The molecule has 122 valence electrons. The summed E-state index contributed by atoms with van der Waals surface area (Å²) < 4.78 is 6.34. The largest absolute Gasteiger partial charge is 0.503 e. The molecule has 0 aliphatic carbocycles. The number of nitrogens with one attached hydrogen (secondary N) is 1. The zero-order chi connectivity index (χ0) is 17.7. The van der Waals surface area contributed by atoms with Gasteiger partial charge < -0.3 is 15.2 Å². The highest BCUT2D eigenvalue weighted by atomic mass is 127. The van der Waals surface area contributed by atoms with Crippen molar-refractivity contribution < 1.29 is 14.6 Å². The fraction of sp³-hybridized carbons (Fsp3) is 0.0588. The van der Waals surface area contributed by atoms with E-state index in [0.717, 1.165) is 3.57 Å². The predicted molar refractivity (Wildman–Crippen MR) is 104 cm³/mol. The minimum Gasteiger partial charge on any atom is -0.503 e. The van der Waals surface area contributed by atoms with Gasteiger partial charge in [0.2, 0.25) is 0 Å². The summed E-state index contributed by atoms with van der Waals surface area (Å²) in [5, 5.41) is 21.8. The Labute approximate surface area is 161 Å². The number of benzene rings is 2. The molecule has 0 aromatic heterocycles. The van der Waals surface area contributed by atoms with Crippen molar-refractivity contribution in [1.29, 1.82) is 5.26 Å². The van der Waals surface area contributed by atoms with Crippen LogP contribution in [0.5, 0.6) is 11.5 Å². The average Bonchev–Trinajstić information content (AvgIpc) is 2.57. The molecule has 2 rings (SSSR count). The van der Waals surface area contributed by atoms with E-state index in [1.807, 2.05) is 18.2 Å². The van der Waals surface area contributed by atoms with E-state index < -0.39 is 5.91 Å². The van der Waals surface area contributed by atoms with E-state index in [4.69, 9.17) is 4.74 Å². The van der Waals surface area contributed by atoms with Crippen LogP contribution in [0.4, 0.5) is 5.69 Å². The van der Waals surface area contributed by atoms with Gasteiger partial charge in [0.25, 0.3) is 5.91 Å². The lowest BCUT2D eigenvalue weighted by molar-refractivity contribution is -0.112. The smallest absolute Gasteiger partial charge is 0.266 e. The zero-order valence-electron chi connectivity index (χ0n) is 12.5. The topological polar surface area (TPSA) is 82.3 Å². The molecule has 0 fully saturated rings. The van der Waals surface area contributed by atoms with Gasteiger partial charge in [-0.2, -0.15) is 5.26 Å². The molecule has 0 unspecified atom stereocenters. The monoisotopic (exact) mass is 498 g/mol. The zero-order valence-corrected chi connectivity index (χ0v) is 16.3. The molecule has 0 aliphatic rings. The molecule has 2 N–H and O–H groups in total. The SMILES string of the molecule is COc1cc(/C=C(/C#N)C(=O)Nc2ccccc2I)cc(Br)c1O. The maximum absolute atomic E-state index is 12.3. The fourth-order valence-corrected chi connectivity index (χ4v) is 2.88. The maximum Gasteiger partial charge on any atom is 0.266 e. The number of carbonyl (C=O) groups is 1. The summed E-state index contributed by atoms with van der Waals surface area (Å²) in [4.78, 5) is 12.3. The number of aromatic hydroxyl groups is 1. The highest BCUT2D eigenvalue weighted by molar-refractivity contribution is 14.1. The summed E-state index contributed by atoms with van der Waals surface area (Å²) in [6.45, 7) is 0. The standard InChI is InChI=1S/C17H12BrIN2O3/c1-24-15-8-10(7-12(18)16(15)22)6-11(9-20)17(23)21-14-5-3-2-4-13(14)19/h2-8,22H,1H3,(H,21,23)/b11-6-. The number of nitrogens with zero attached hydrogens (tertiary/aromatic N) is 1. The van der Waals surface area contributed by atoms with E-state index in [1.165, 1.54) is 19.3 Å². The molecule has 0 aliphatic heterocycles. The molecule has 0 heterocycles. The van der Waals surface area contributed by atoms with Crippen LogP contribution in [0.25, 0.3) is 6.08 Å². The molecule has 0 atom stereocenters. The van der Waals surface area contributed by atoms with Gasteiger partial charge in [0, 0.05) is 3.57 Å². The number of amides is 1. The molecule has 5 nitrogen and oxygen atoms in total. The van der Waals surface area contributed by atoms with Gasteiger partial charge in [-0.15, -0.1) is 0 Å². The Balaban J connectivity index is 2.33. The van der Waals surface area contributed by atoms with Gasteiger partial charge in [-0.25, -0.2) is 0 Å². The van der Waals surface area contributed by atoms with Crippen LogP contribution in [0, 0.1) is 14.9 Å². The first kappa shape index (κ1) is 18.3. The van der Waals surface area contributed by atoms with E-state index >= 15 is 0 Å². The van der Waals surface area contributed by atoms with Crippen LogP contribution in [0.3, 0.4) is 0 Å². The van der Waals surface area contributed by atoms with Crippen LogP contribution in [-0.4, -0.2) is 18.1 Å². The first-order valence-electron chi connectivity index (χ1n) is 6.70. The Kier molecular flexibility index (Phi) is 6.23. The highest BCUT2D eigenvalue weighted by Gasteiger charge is 2.13. The number of ether oxygens (including phenoxy) is 1. The third-order valence-corrected chi connectivity index (χ3v) is 4.61. The number of rotatable bonds is 4. The van der Waals surface area contributed by atoms with E-state index in [1.54, 1.807) is 18.2 Å². The molecule has 0 radical (unpaired) electrons. The van der Waals surface area contributed by atoms with Gasteiger partial charge >= 0.3 is 0 Å². The third kappa shape index (κ3) is 4.27. The minimum absolute atomic E-state index is 0.0450. The lowest BCUT2D eigenvalue weighted by Gasteiger charge is -2.08. The third-order valence-electron chi connectivity index (χ3n) is 3.07. The number of hydrogen-bond donors (Lipinski definition) is 2. The molecule has 24 heavy (non-hydrogen) atoms. The molecule has 2 aromatic carbocycles. The second kappa shape index (κ2) is 8.17. The number of carbonyl (C=O) groups excluding carboxylic acids is 1. The Bertz CT molecular complexity index is 859. The number of hydrogen-bond acceptors (Lipinski definition) is 4. The molecular weight excluding hydrogens is 487 g/mol. The molecule has 7 heteroatoms. The summed E-state index contributed by atoms with van der Waals surface area (Å²) in [7, 11) is 1.42. The van der Waals surface area contributed by atoms with Crippen LogP contribution in [-0.2, 0) is 4.79 Å². The predicted octanol–water partition coefficient (Wildman–Crippen LogP) is 4.31. The lowest BCUT2D eigenvalue weighted by Crippen LogP contribution is -2.14. The van der Waals surface area contributed by atoms with Gasteiger partial charge in [-0.1, -0.05) is 12.1 Å². The van der Waals surface area contributed by atoms with Crippen molar-refractivity contribution in [2.45, 2.75) is 0 Å². The fourth-order valence-electron chi connectivity index (χ4n) is 1.90. The molecule has 0 saturated carbocycles. The van der Waals surface area contributed by atoms with E-state index in [2.05, 4.69) is 43.8 Å². The summed E-state index contributed by atoms with van der Waals surface area (Å²) in [6, 6.07) is 12.3. The molecule has 0 spiro atoms. The van der Waals surface area contributed by atoms with E-state index in [-0.39, 0.29) is 17.1 Å². The van der Waals surface area contributed by atoms with Crippen LogP contribution < -0.4 is 10.1 Å². The second-order valence-corrected chi connectivity index (χ2v) is 6.67. The summed E-state index contributed by atoms with van der Waals surface area (Å²) in [5.74, 6) is -0.313. The molecule has 2 aromatic rings. The Hall–Kier alpha value is -2.05. The first-order valence-corrected chi connectivity index (χ1v) is 8.57. The van der Waals surface area contributed by atoms with Crippen LogP contribution >= 0.6 is 38.5 Å². The number of methoxy groups -OCH3 is 1. The normalized spacial score (nSPS) is 10.8. The van der Waals surface area contributed by atoms with E-state index in [0.29, 0.717) is 15.7 Å². The van der Waals surface area contributed by atoms with Gasteiger partial charge in [-0.05, 0) is 74.4 Å². The number of nitriles is 1. The van der Waals surface area contributed by atoms with Crippen molar-refractivity contribution in [1.82, 2.24) is 0 Å². The van der Waals surface area contributed by atoms with E-state index in [9.17, 15) is 15.2 Å².